The monoisotopic (exact) mass is 294 g/mol. The van der Waals surface area contributed by atoms with E-state index < -0.39 is 11.6 Å². The second-order valence-electron chi connectivity index (χ2n) is 4.20. The van der Waals surface area contributed by atoms with Gasteiger partial charge in [0.15, 0.2) is 11.6 Å². The van der Waals surface area contributed by atoms with Gasteiger partial charge in [0, 0.05) is 18.3 Å². The molecule has 0 fully saturated rings. The lowest BCUT2D eigenvalue weighted by Gasteiger charge is -2.21. The number of anilines is 2. The molecule has 3 N–H and O–H groups in total. The smallest absolute Gasteiger partial charge is 0.183 e. The molecule has 0 saturated carbocycles. The normalized spacial score (nSPS) is 10.3. The van der Waals surface area contributed by atoms with Crippen LogP contribution in [0.2, 0.25) is 0 Å². The second-order valence-corrected chi connectivity index (χ2v) is 4.64. The van der Waals surface area contributed by atoms with E-state index in [1.54, 1.807) is 19.2 Å². The number of thiocarbonyl (C=S) groups is 1. The first kappa shape index (κ1) is 14.2. The molecule has 0 heterocycles. The molecule has 0 aromatic heterocycles. The van der Waals surface area contributed by atoms with E-state index in [-0.39, 0.29) is 22.0 Å². The Morgan fingerprint density at radius 3 is 2.25 bits per heavy atom. The van der Waals surface area contributed by atoms with Crippen LogP contribution in [0.25, 0.3) is 0 Å². The number of hydrogen-bond donors (Lipinski definition) is 2. The summed E-state index contributed by atoms with van der Waals surface area (Å²) in [7, 11) is 1.59. The van der Waals surface area contributed by atoms with Crippen molar-refractivity contribution in [2.45, 2.75) is 0 Å². The van der Waals surface area contributed by atoms with Crippen molar-refractivity contribution in [3.05, 3.63) is 53.6 Å². The average Bonchev–Trinajstić information content (AvgIpc) is 2.41. The molecule has 2 rings (SSSR count). The van der Waals surface area contributed by atoms with Gasteiger partial charge < -0.3 is 15.7 Å². The summed E-state index contributed by atoms with van der Waals surface area (Å²) >= 11 is 4.66. The summed E-state index contributed by atoms with van der Waals surface area (Å²) < 4.78 is 27.9. The lowest BCUT2D eigenvalue weighted by molar-refractivity contribution is 0.475. The summed E-state index contributed by atoms with van der Waals surface area (Å²) in [4.78, 5) is 1.27. The molecule has 2 aromatic rings. The van der Waals surface area contributed by atoms with Gasteiger partial charge in [-0.1, -0.05) is 12.2 Å². The highest BCUT2D eigenvalue weighted by molar-refractivity contribution is 7.80. The summed E-state index contributed by atoms with van der Waals surface area (Å²) in [6.07, 6.45) is 0. The van der Waals surface area contributed by atoms with Crippen molar-refractivity contribution in [2.75, 3.05) is 11.9 Å². The number of halogens is 2. The maximum absolute atomic E-state index is 14.1. The van der Waals surface area contributed by atoms with Gasteiger partial charge in [0.2, 0.25) is 0 Å². The number of aromatic hydroxyl groups is 1. The SMILES string of the molecule is CN(c1ccc(O)cc1)c1ccc(C(N)=S)c(F)c1F. The Morgan fingerprint density at radius 2 is 1.70 bits per heavy atom. The fourth-order valence-corrected chi connectivity index (χ4v) is 1.96. The summed E-state index contributed by atoms with van der Waals surface area (Å²) in [6, 6.07) is 8.85. The number of rotatable bonds is 3. The highest BCUT2D eigenvalue weighted by Gasteiger charge is 2.18. The molecule has 0 amide bonds. The molecule has 0 aliphatic rings. The van der Waals surface area contributed by atoms with Crippen LogP contribution in [0.4, 0.5) is 20.2 Å². The van der Waals surface area contributed by atoms with E-state index in [2.05, 4.69) is 12.2 Å². The summed E-state index contributed by atoms with van der Waals surface area (Å²) in [6.45, 7) is 0. The number of benzene rings is 2. The maximum Gasteiger partial charge on any atom is 0.183 e. The average molecular weight is 294 g/mol. The molecule has 0 saturated heterocycles. The zero-order valence-electron chi connectivity index (χ0n) is 10.6. The Hall–Kier alpha value is -2.21. The van der Waals surface area contributed by atoms with E-state index >= 15 is 0 Å². The van der Waals surface area contributed by atoms with Crippen molar-refractivity contribution in [1.29, 1.82) is 0 Å². The van der Waals surface area contributed by atoms with E-state index in [9.17, 15) is 13.9 Å². The Balaban J connectivity index is 2.45. The molecule has 0 atom stereocenters. The summed E-state index contributed by atoms with van der Waals surface area (Å²) in [5.41, 5.74) is 5.85. The molecule has 0 unspecified atom stereocenters. The van der Waals surface area contributed by atoms with Crippen molar-refractivity contribution >= 4 is 28.6 Å². The van der Waals surface area contributed by atoms with Gasteiger partial charge in [-0.05, 0) is 36.4 Å². The maximum atomic E-state index is 14.1. The van der Waals surface area contributed by atoms with E-state index in [1.165, 1.54) is 29.2 Å². The van der Waals surface area contributed by atoms with E-state index in [0.717, 1.165) is 0 Å². The van der Waals surface area contributed by atoms with E-state index in [1.807, 2.05) is 0 Å². The Kier molecular flexibility index (Phi) is 3.85. The van der Waals surface area contributed by atoms with Gasteiger partial charge in [-0.25, -0.2) is 8.78 Å². The first-order chi connectivity index (χ1) is 9.41. The number of phenolic OH excluding ortho intramolecular Hbond substituents is 1. The van der Waals surface area contributed by atoms with Gasteiger partial charge in [-0.15, -0.1) is 0 Å². The van der Waals surface area contributed by atoms with Crippen LogP contribution in [-0.2, 0) is 0 Å². The fraction of sp³-hybridized carbons (Fsp3) is 0.0714. The van der Waals surface area contributed by atoms with Crippen LogP contribution < -0.4 is 10.6 Å². The third-order valence-corrected chi connectivity index (χ3v) is 3.15. The predicted octanol–water partition coefficient (Wildman–Crippen LogP) is 3.07. The summed E-state index contributed by atoms with van der Waals surface area (Å²) in [5.74, 6) is -2.00. The van der Waals surface area contributed by atoms with Gasteiger partial charge in [-0.2, -0.15) is 0 Å². The van der Waals surface area contributed by atoms with Crippen LogP contribution in [0, 0.1) is 11.6 Å². The van der Waals surface area contributed by atoms with Crippen LogP contribution in [-0.4, -0.2) is 17.1 Å². The zero-order valence-corrected chi connectivity index (χ0v) is 11.4. The Bertz CT molecular complexity index is 659. The lowest BCUT2D eigenvalue weighted by atomic mass is 10.1. The fourth-order valence-electron chi connectivity index (χ4n) is 1.80. The van der Waals surface area contributed by atoms with Crippen LogP contribution >= 0.6 is 12.2 Å². The van der Waals surface area contributed by atoms with E-state index in [0.29, 0.717) is 5.69 Å². The first-order valence-corrected chi connectivity index (χ1v) is 6.13. The van der Waals surface area contributed by atoms with Gasteiger partial charge in [0.05, 0.1) is 5.69 Å². The zero-order chi connectivity index (χ0) is 14.9. The molecule has 0 aliphatic heterocycles. The summed E-state index contributed by atoms with van der Waals surface area (Å²) in [5, 5.41) is 9.22. The van der Waals surface area contributed by atoms with Gasteiger partial charge in [0.25, 0.3) is 0 Å². The number of nitrogens with zero attached hydrogens (tertiary/aromatic N) is 1. The minimum absolute atomic E-state index is 0.0492. The molecule has 0 aliphatic carbocycles. The quantitative estimate of drug-likeness (QED) is 0.854. The van der Waals surface area contributed by atoms with Gasteiger partial charge >= 0.3 is 0 Å². The van der Waals surface area contributed by atoms with Crippen LogP contribution in [0.3, 0.4) is 0 Å². The Morgan fingerprint density at radius 1 is 1.10 bits per heavy atom. The first-order valence-electron chi connectivity index (χ1n) is 5.72. The van der Waals surface area contributed by atoms with Crippen molar-refractivity contribution < 1.29 is 13.9 Å². The van der Waals surface area contributed by atoms with Crippen LogP contribution in [0.5, 0.6) is 5.75 Å². The highest BCUT2D eigenvalue weighted by Crippen LogP contribution is 2.29. The molecular weight excluding hydrogens is 282 g/mol. The number of nitrogens with two attached hydrogens (primary N) is 1. The van der Waals surface area contributed by atoms with Crippen molar-refractivity contribution in [3.63, 3.8) is 0 Å². The minimum atomic E-state index is -1.07. The molecule has 0 spiro atoms. The Labute approximate surface area is 120 Å². The third-order valence-electron chi connectivity index (χ3n) is 2.93. The molecule has 2 aromatic carbocycles. The van der Waals surface area contributed by atoms with Crippen LogP contribution in [0.15, 0.2) is 36.4 Å². The molecular formula is C14H12F2N2OS. The van der Waals surface area contributed by atoms with Gasteiger partial charge in [0.1, 0.15) is 10.7 Å². The van der Waals surface area contributed by atoms with Crippen molar-refractivity contribution in [2.24, 2.45) is 5.73 Å². The number of hydrogen-bond acceptors (Lipinski definition) is 3. The third kappa shape index (κ3) is 2.55. The minimum Gasteiger partial charge on any atom is -0.508 e. The molecule has 104 valence electrons. The molecule has 20 heavy (non-hydrogen) atoms. The topological polar surface area (TPSA) is 49.5 Å². The van der Waals surface area contributed by atoms with Crippen molar-refractivity contribution in [1.82, 2.24) is 0 Å². The number of phenols is 1. The predicted molar refractivity (Wildman–Crippen MR) is 78.4 cm³/mol. The molecule has 0 radical (unpaired) electrons. The van der Waals surface area contributed by atoms with Crippen molar-refractivity contribution in [3.8, 4) is 5.75 Å². The molecule has 6 heteroatoms. The van der Waals surface area contributed by atoms with E-state index in [4.69, 9.17) is 5.73 Å². The molecule has 0 bridgehead atoms. The highest BCUT2D eigenvalue weighted by atomic mass is 32.1. The van der Waals surface area contributed by atoms with Crippen LogP contribution in [0.1, 0.15) is 5.56 Å². The standard InChI is InChI=1S/C14H12F2N2OS/c1-18(8-2-4-9(19)5-3-8)11-7-6-10(14(17)20)12(15)13(11)16/h2-7,19H,1H3,(H2,17,20). The van der Waals surface area contributed by atoms with Gasteiger partial charge in [-0.3, -0.25) is 0 Å². The lowest BCUT2D eigenvalue weighted by Crippen LogP contribution is -2.16. The largest absolute Gasteiger partial charge is 0.508 e. The second kappa shape index (κ2) is 5.42. The molecule has 3 nitrogen and oxygen atoms in total.